The molecule has 0 aliphatic heterocycles. The van der Waals surface area contributed by atoms with Crippen molar-refractivity contribution in [3.8, 4) is 0 Å². The van der Waals surface area contributed by atoms with Gasteiger partial charge in [-0.3, -0.25) is 14.1 Å². The smallest absolute Gasteiger partial charge is 0.299 e. The minimum absolute atomic E-state index is 0.0858. The van der Waals surface area contributed by atoms with Gasteiger partial charge in [0.1, 0.15) is 0 Å². The molecule has 0 aliphatic carbocycles. The number of nitrogens with zero attached hydrogens (tertiary/aromatic N) is 3. The number of sulfonamides is 1. The zero-order valence-corrected chi connectivity index (χ0v) is 17.1. The molecule has 0 spiro atoms. The molecule has 1 N–H and O–H groups in total. The van der Waals surface area contributed by atoms with E-state index >= 15 is 0 Å². The van der Waals surface area contributed by atoms with Crippen molar-refractivity contribution in [1.29, 1.82) is 0 Å². The van der Waals surface area contributed by atoms with Crippen LogP contribution in [0.5, 0.6) is 0 Å². The molecule has 1 aromatic carbocycles. The SMILES string of the molecule is C=CCSc1nnc(NS(=O)(=O)c2ccc3c(c2)sc(=O)n3CCC)s1. The largest absolute Gasteiger partial charge is 0.308 e. The van der Waals surface area contributed by atoms with Gasteiger partial charge in [-0.25, -0.2) is 8.42 Å². The second kappa shape index (κ2) is 7.91. The number of hydrogen-bond acceptors (Lipinski definition) is 8. The van der Waals surface area contributed by atoms with Crippen LogP contribution in [-0.4, -0.2) is 28.9 Å². The van der Waals surface area contributed by atoms with Crippen molar-refractivity contribution in [2.45, 2.75) is 29.1 Å². The summed E-state index contributed by atoms with van der Waals surface area (Å²) in [4.78, 5) is 12.1. The third-order valence-electron chi connectivity index (χ3n) is 3.35. The van der Waals surface area contributed by atoms with Crippen LogP contribution >= 0.6 is 34.4 Å². The molecule has 0 aliphatic rings. The van der Waals surface area contributed by atoms with Gasteiger partial charge in [-0.05, 0) is 24.6 Å². The van der Waals surface area contributed by atoms with E-state index in [9.17, 15) is 13.2 Å². The number of aromatic nitrogens is 3. The van der Waals surface area contributed by atoms with Gasteiger partial charge in [0, 0.05) is 12.3 Å². The quantitative estimate of drug-likeness (QED) is 0.436. The number of aryl methyl sites for hydroxylation is 1. The Hall–Kier alpha value is -1.69. The van der Waals surface area contributed by atoms with Crippen LogP contribution in [0.2, 0.25) is 0 Å². The highest BCUT2D eigenvalue weighted by atomic mass is 32.2. The summed E-state index contributed by atoms with van der Waals surface area (Å²) in [5.74, 6) is 0.672. The van der Waals surface area contributed by atoms with E-state index in [4.69, 9.17) is 0 Å². The Morgan fingerprint density at radius 3 is 2.88 bits per heavy atom. The molecular formula is C15H16N4O3S4. The summed E-state index contributed by atoms with van der Waals surface area (Å²) in [6.45, 7) is 6.23. The molecule has 0 saturated heterocycles. The van der Waals surface area contributed by atoms with Gasteiger partial charge in [-0.15, -0.1) is 16.8 Å². The molecule has 7 nitrogen and oxygen atoms in total. The van der Waals surface area contributed by atoms with E-state index < -0.39 is 10.0 Å². The monoisotopic (exact) mass is 428 g/mol. The van der Waals surface area contributed by atoms with Gasteiger partial charge in [-0.2, -0.15) is 0 Å². The lowest BCUT2D eigenvalue weighted by Gasteiger charge is -2.05. The molecule has 0 amide bonds. The molecule has 0 bridgehead atoms. The van der Waals surface area contributed by atoms with Gasteiger partial charge in [0.2, 0.25) is 5.13 Å². The predicted molar refractivity (Wildman–Crippen MR) is 108 cm³/mol. The van der Waals surface area contributed by atoms with Crippen molar-refractivity contribution in [1.82, 2.24) is 14.8 Å². The van der Waals surface area contributed by atoms with Crippen molar-refractivity contribution in [3.63, 3.8) is 0 Å². The number of thioether (sulfide) groups is 1. The first-order valence-corrected chi connectivity index (χ1v) is 11.8. The standard InChI is InChI=1S/C15H16N4O3S4/c1-3-7-19-11-6-5-10(9-12(11)24-15(19)20)26(21,22)18-13-16-17-14(25-13)23-8-4-2/h4-6,9H,2-3,7-8H2,1H3,(H,16,18). The summed E-state index contributed by atoms with van der Waals surface area (Å²) >= 11 is 3.64. The van der Waals surface area contributed by atoms with Gasteiger partial charge in [-0.1, -0.05) is 47.4 Å². The zero-order valence-electron chi connectivity index (χ0n) is 13.8. The van der Waals surface area contributed by atoms with Gasteiger partial charge in [0.25, 0.3) is 10.0 Å². The topological polar surface area (TPSA) is 94.0 Å². The fourth-order valence-corrected chi connectivity index (χ4v) is 6.06. The lowest BCUT2D eigenvalue weighted by molar-refractivity contribution is 0.601. The van der Waals surface area contributed by atoms with Crippen LogP contribution in [-0.2, 0) is 16.6 Å². The van der Waals surface area contributed by atoms with E-state index in [0.29, 0.717) is 21.3 Å². The van der Waals surface area contributed by atoms with Crippen LogP contribution in [0, 0.1) is 0 Å². The molecule has 3 aromatic rings. The van der Waals surface area contributed by atoms with Crippen LogP contribution in [0.4, 0.5) is 5.13 Å². The summed E-state index contributed by atoms with van der Waals surface area (Å²) in [5.41, 5.74) is 0.750. The van der Waals surface area contributed by atoms with Gasteiger partial charge >= 0.3 is 4.87 Å². The molecule has 0 atom stereocenters. The van der Waals surface area contributed by atoms with Gasteiger partial charge in [0.15, 0.2) is 4.34 Å². The average Bonchev–Trinajstić information content (AvgIpc) is 3.16. The molecule has 3 rings (SSSR count). The molecule has 11 heteroatoms. The molecule has 0 fully saturated rings. The fourth-order valence-electron chi connectivity index (χ4n) is 2.26. The number of hydrogen-bond donors (Lipinski definition) is 1. The molecule has 26 heavy (non-hydrogen) atoms. The Labute approximate surface area is 162 Å². The highest BCUT2D eigenvalue weighted by Gasteiger charge is 2.19. The number of fused-ring (bicyclic) bond motifs is 1. The molecule has 0 radical (unpaired) electrons. The summed E-state index contributed by atoms with van der Waals surface area (Å²) < 4.78 is 30.6. The van der Waals surface area contributed by atoms with Crippen LogP contribution in [0.25, 0.3) is 10.2 Å². The average molecular weight is 429 g/mol. The molecular weight excluding hydrogens is 412 g/mol. The number of rotatable bonds is 8. The Balaban J connectivity index is 1.88. The van der Waals surface area contributed by atoms with E-state index in [-0.39, 0.29) is 14.9 Å². The van der Waals surface area contributed by atoms with Crippen molar-refractivity contribution < 1.29 is 8.42 Å². The molecule has 0 saturated carbocycles. The Morgan fingerprint density at radius 2 is 2.15 bits per heavy atom. The summed E-state index contributed by atoms with van der Waals surface area (Å²) in [7, 11) is -3.80. The van der Waals surface area contributed by atoms with Crippen molar-refractivity contribution >= 4 is 59.8 Å². The van der Waals surface area contributed by atoms with Crippen molar-refractivity contribution in [3.05, 3.63) is 40.5 Å². The number of benzene rings is 1. The number of nitrogens with one attached hydrogen (secondary N) is 1. The lowest BCUT2D eigenvalue weighted by Crippen LogP contribution is -2.13. The fraction of sp³-hybridized carbons (Fsp3) is 0.267. The molecule has 2 aromatic heterocycles. The van der Waals surface area contributed by atoms with Gasteiger partial charge < -0.3 is 0 Å². The first kappa shape index (κ1) is 19.1. The van der Waals surface area contributed by atoms with Crippen LogP contribution < -0.4 is 9.60 Å². The predicted octanol–water partition coefficient (Wildman–Crippen LogP) is 3.40. The summed E-state index contributed by atoms with van der Waals surface area (Å²) in [6, 6.07) is 4.69. The molecule has 0 unspecified atom stereocenters. The van der Waals surface area contributed by atoms with Crippen molar-refractivity contribution in [2.75, 3.05) is 10.5 Å². The van der Waals surface area contributed by atoms with E-state index in [1.165, 1.54) is 23.9 Å². The lowest BCUT2D eigenvalue weighted by atomic mass is 10.3. The Kier molecular flexibility index (Phi) is 5.80. The number of thiazole rings is 1. The van der Waals surface area contributed by atoms with E-state index in [1.54, 1.807) is 16.7 Å². The first-order chi connectivity index (χ1) is 12.4. The Bertz CT molecular complexity index is 1100. The normalized spacial score (nSPS) is 11.7. The maximum atomic E-state index is 12.6. The van der Waals surface area contributed by atoms with E-state index in [2.05, 4.69) is 21.5 Å². The molecule has 138 valence electrons. The van der Waals surface area contributed by atoms with E-state index in [0.717, 1.165) is 34.6 Å². The highest BCUT2D eigenvalue weighted by Crippen LogP contribution is 2.28. The number of anilines is 1. The van der Waals surface area contributed by atoms with Gasteiger partial charge in [0.05, 0.1) is 15.1 Å². The Morgan fingerprint density at radius 1 is 1.35 bits per heavy atom. The van der Waals surface area contributed by atoms with Crippen LogP contribution in [0.15, 0.2) is 44.9 Å². The third kappa shape index (κ3) is 4.00. The maximum absolute atomic E-state index is 12.6. The summed E-state index contributed by atoms with van der Waals surface area (Å²) in [5, 5.41) is 7.99. The molecule has 2 heterocycles. The second-order valence-electron chi connectivity index (χ2n) is 5.23. The van der Waals surface area contributed by atoms with Crippen molar-refractivity contribution in [2.24, 2.45) is 0 Å². The highest BCUT2D eigenvalue weighted by molar-refractivity contribution is 8.01. The minimum Gasteiger partial charge on any atom is -0.299 e. The minimum atomic E-state index is -3.80. The van der Waals surface area contributed by atoms with Crippen LogP contribution in [0.3, 0.4) is 0 Å². The van der Waals surface area contributed by atoms with E-state index in [1.807, 2.05) is 6.92 Å². The second-order valence-corrected chi connectivity index (χ2v) is 10.1. The zero-order chi connectivity index (χ0) is 18.7. The van der Waals surface area contributed by atoms with Crippen LogP contribution in [0.1, 0.15) is 13.3 Å². The maximum Gasteiger partial charge on any atom is 0.308 e. The summed E-state index contributed by atoms with van der Waals surface area (Å²) in [6.07, 6.45) is 2.57. The third-order valence-corrected chi connectivity index (χ3v) is 7.73. The first-order valence-electron chi connectivity index (χ1n) is 7.68.